The Kier molecular flexibility index (Phi) is 8.09. The molecule has 0 saturated carbocycles. The summed E-state index contributed by atoms with van der Waals surface area (Å²) in [4.78, 5) is 12.9. The highest BCUT2D eigenvalue weighted by atomic mass is 32.2. The van der Waals surface area contributed by atoms with Crippen molar-refractivity contribution >= 4 is 15.9 Å². The molecule has 1 amide bonds. The van der Waals surface area contributed by atoms with Crippen LogP contribution in [0.3, 0.4) is 0 Å². The van der Waals surface area contributed by atoms with E-state index in [-0.39, 0.29) is 30.2 Å². The number of sulfonamides is 1. The summed E-state index contributed by atoms with van der Waals surface area (Å²) in [5.74, 6) is 0.382. The van der Waals surface area contributed by atoms with E-state index in [1.54, 1.807) is 7.11 Å². The van der Waals surface area contributed by atoms with Gasteiger partial charge in [-0.05, 0) is 44.2 Å². The van der Waals surface area contributed by atoms with Crippen LogP contribution < -0.4 is 10.1 Å². The Hall–Kier alpha value is -2.38. The number of amides is 1. The number of methoxy groups -OCH3 is 1. The molecule has 2 atom stereocenters. The zero-order valence-corrected chi connectivity index (χ0v) is 19.1. The summed E-state index contributed by atoms with van der Waals surface area (Å²) in [6.45, 7) is 2.65. The van der Waals surface area contributed by atoms with Gasteiger partial charge in [0.25, 0.3) is 0 Å². The van der Waals surface area contributed by atoms with Crippen molar-refractivity contribution < 1.29 is 17.9 Å². The maximum absolute atomic E-state index is 12.9. The minimum absolute atomic E-state index is 0.105. The highest BCUT2D eigenvalue weighted by molar-refractivity contribution is 7.89. The van der Waals surface area contributed by atoms with E-state index in [4.69, 9.17) is 4.74 Å². The van der Waals surface area contributed by atoms with Crippen LogP contribution in [0.2, 0.25) is 0 Å². The lowest BCUT2D eigenvalue weighted by molar-refractivity contribution is -0.126. The van der Waals surface area contributed by atoms with E-state index >= 15 is 0 Å². The Bertz CT molecular complexity index is 963. The molecule has 168 valence electrons. The van der Waals surface area contributed by atoms with E-state index in [0.717, 1.165) is 23.3 Å². The van der Waals surface area contributed by atoms with Crippen LogP contribution in [0.25, 0.3) is 0 Å². The Labute approximate surface area is 185 Å². The van der Waals surface area contributed by atoms with Crippen molar-refractivity contribution in [2.24, 2.45) is 5.92 Å². The SMILES string of the molecule is COc1ccccc1[C@H](C)NC(=O)[C@H]1CCCN(S(=O)(=O)CCCc2ccccc2)C1. The number of hydrogen-bond donors (Lipinski definition) is 1. The minimum atomic E-state index is -3.38. The van der Waals surface area contributed by atoms with Gasteiger partial charge < -0.3 is 10.1 Å². The molecule has 1 saturated heterocycles. The third kappa shape index (κ3) is 6.31. The molecule has 1 fully saturated rings. The van der Waals surface area contributed by atoms with E-state index in [1.807, 2.05) is 61.5 Å². The zero-order chi connectivity index (χ0) is 22.3. The van der Waals surface area contributed by atoms with Gasteiger partial charge in [0.1, 0.15) is 5.75 Å². The quantitative estimate of drug-likeness (QED) is 0.642. The molecule has 0 radical (unpaired) electrons. The molecule has 31 heavy (non-hydrogen) atoms. The van der Waals surface area contributed by atoms with Gasteiger partial charge in [-0.2, -0.15) is 0 Å². The van der Waals surface area contributed by atoms with E-state index in [2.05, 4.69) is 5.32 Å². The van der Waals surface area contributed by atoms with Crippen molar-refractivity contribution in [3.05, 3.63) is 65.7 Å². The van der Waals surface area contributed by atoms with Crippen molar-refractivity contribution in [3.8, 4) is 5.75 Å². The number of carbonyl (C=O) groups excluding carboxylic acids is 1. The number of benzene rings is 2. The fourth-order valence-corrected chi connectivity index (χ4v) is 5.66. The number of carbonyl (C=O) groups is 1. The third-order valence-corrected chi connectivity index (χ3v) is 7.75. The lowest BCUT2D eigenvalue weighted by Gasteiger charge is -2.32. The molecule has 6 nitrogen and oxygen atoms in total. The Morgan fingerprint density at radius 1 is 1.16 bits per heavy atom. The molecule has 0 spiro atoms. The van der Waals surface area contributed by atoms with E-state index in [0.29, 0.717) is 25.8 Å². The van der Waals surface area contributed by atoms with Crippen LogP contribution in [-0.2, 0) is 21.2 Å². The number of nitrogens with zero attached hydrogens (tertiary/aromatic N) is 1. The molecule has 0 bridgehead atoms. The first-order valence-electron chi connectivity index (χ1n) is 10.9. The summed E-state index contributed by atoms with van der Waals surface area (Å²) in [5.41, 5.74) is 2.04. The smallest absolute Gasteiger partial charge is 0.224 e. The Balaban J connectivity index is 1.55. The second-order valence-corrected chi connectivity index (χ2v) is 10.2. The highest BCUT2D eigenvalue weighted by Gasteiger charge is 2.32. The lowest BCUT2D eigenvalue weighted by Crippen LogP contribution is -2.46. The topological polar surface area (TPSA) is 75.7 Å². The molecular weight excluding hydrogens is 412 g/mol. The molecule has 0 aromatic heterocycles. The first kappa shape index (κ1) is 23.3. The van der Waals surface area contributed by atoms with Crippen LogP contribution >= 0.6 is 0 Å². The summed E-state index contributed by atoms with van der Waals surface area (Å²) in [7, 11) is -1.77. The predicted octanol–water partition coefficient (Wildman–Crippen LogP) is 3.55. The van der Waals surface area contributed by atoms with Gasteiger partial charge in [-0.3, -0.25) is 4.79 Å². The zero-order valence-electron chi connectivity index (χ0n) is 18.3. The van der Waals surface area contributed by atoms with Gasteiger partial charge in [0.15, 0.2) is 0 Å². The number of aryl methyl sites for hydroxylation is 1. The van der Waals surface area contributed by atoms with Gasteiger partial charge in [-0.1, -0.05) is 48.5 Å². The average Bonchev–Trinajstić information content (AvgIpc) is 2.79. The first-order valence-corrected chi connectivity index (χ1v) is 12.5. The molecule has 1 aliphatic rings. The van der Waals surface area contributed by atoms with E-state index in [1.165, 1.54) is 4.31 Å². The van der Waals surface area contributed by atoms with Crippen LogP contribution in [-0.4, -0.2) is 44.6 Å². The largest absolute Gasteiger partial charge is 0.496 e. The van der Waals surface area contributed by atoms with Gasteiger partial charge in [-0.25, -0.2) is 12.7 Å². The summed E-state index contributed by atoms with van der Waals surface area (Å²) < 4.78 is 32.6. The minimum Gasteiger partial charge on any atom is -0.496 e. The first-order chi connectivity index (χ1) is 14.9. The van der Waals surface area contributed by atoms with Crippen molar-refractivity contribution in [2.45, 2.75) is 38.6 Å². The summed E-state index contributed by atoms with van der Waals surface area (Å²) >= 11 is 0. The molecule has 0 unspecified atom stereocenters. The van der Waals surface area contributed by atoms with Gasteiger partial charge >= 0.3 is 0 Å². The molecule has 1 N–H and O–H groups in total. The van der Waals surface area contributed by atoms with Crippen molar-refractivity contribution in [1.29, 1.82) is 0 Å². The monoisotopic (exact) mass is 444 g/mol. The second kappa shape index (κ2) is 10.8. The molecule has 0 aliphatic carbocycles. The van der Waals surface area contributed by atoms with Crippen LogP contribution in [0.5, 0.6) is 5.75 Å². The number of hydrogen-bond acceptors (Lipinski definition) is 4. The van der Waals surface area contributed by atoms with Crippen molar-refractivity contribution in [1.82, 2.24) is 9.62 Å². The molecule has 2 aromatic rings. The van der Waals surface area contributed by atoms with Crippen LogP contribution in [0.1, 0.15) is 43.4 Å². The number of ether oxygens (including phenoxy) is 1. The Morgan fingerprint density at radius 2 is 1.87 bits per heavy atom. The second-order valence-electron chi connectivity index (χ2n) is 8.07. The van der Waals surface area contributed by atoms with Gasteiger partial charge in [0.2, 0.25) is 15.9 Å². The summed E-state index contributed by atoms with van der Waals surface area (Å²) in [6, 6.07) is 17.3. The number of nitrogens with one attached hydrogen (secondary N) is 1. The van der Waals surface area contributed by atoms with Crippen LogP contribution in [0.4, 0.5) is 0 Å². The molecule has 2 aromatic carbocycles. The van der Waals surface area contributed by atoms with Crippen molar-refractivity contribution in [3.63, 3.8) is 0 Å². The summed E-state index contributed by atoms with van der Waals surface area (Å²) in [5, 5.41) is 3.04. The van der Waals surface area contributed by atoms with Gasteiger partial charge in [0.05, 0.1) is 24.8 Å². The van der Waals surface area contributed by atoms with Crippen molar-refractivity contribution in [2.75, 3.05) is 26.0 Å². The third-order valence-electron chi connectivity index (χ3n) is 5.82. The number of rotatable bonds is 9. The van der Waals surface area contributed by atoms with E-state index < -0.39 is 10.0 Å². The number of para-hydroxylation sites is 1. The Morgan fingerprint density at radius 3 is 2.61 bits per heavy atom. The lowest BCUT2D eigenvalue weighted by atomic mass is 9.97. The summed E-state index contributed by atoms with van der Waals surface area (Å²) in [6.07, 6.45) is 2.69. The molecule has 3 rings (SSSR count). The van der Waals surface area contributed by atoms with Crippen LogP contribution in [0, 0.1) is 5.92 Å². The van der Waals surface area contributed by atoms with E-state index in [9.17, 15) is 13.2 Å². The molecule has 1 aliphatic heterocycles. The maximum Gasteiger partial charge on any atom is 0.224 e. The van der Waals surface area contributed by atoms with Gasteiger partial charge in [-0.15, -0.1) is 0 Å². The molecule has 7 heteroatoms. The normalized spacial score (nSPS) is 18.3. The fourth-order valence-electron chi connectivity index (χ4n) is 4.07. The molecular formula is C24H32N2O4S. The van der Waals surface area contributed by atoms with Gasteiger partial charge in [0, 0.05) is 18.7 Å². The fraction of sp³-hybridized carbons (Fsp3) is 0.458. The molecule has 1 heterocycles. The maximum atomic E-state index is 12.9. The number of piperidine rings is 1. The standard InChI is InChI=1S/C24H32N2O4S/c1-19(22-14-6-7-15-23(22)30-2)25-24(27)21-13-8-16-26(18-21)31(28,29)17-9-12-20-10-4-3-5-11-20/h3-7,10-11,14-15,19,21H,8-9,12-13,16-18H2,1-2H3,(H,25,27)/t19-,21-/m0/s1. The average molecular weight is 445 g/mol. The predicted molar refractivity (Wildman–Crippen MR) is 122 cm³/mol. The van der Waals surface area contributed by atoms with Crippen LogP contribution in [0.15, 0.2) is 54.6 Å². The highest BCUT2D eigenvalue weighted by Crippen LogP contribution is 2.26.